The van der Waals surface area contributed by atoms with Crippen LogP contribution in [-0.4, -0.2) is 33.2 Å². The summed E-state index contributed by atoms with van der Waals surface area (Å²) in [6, 6.07) is 12.2. The second-order valence-corrected chi connectivity index (χ2v) is 7.17. The van der Waals surface area contributed by atoms with Crippen LogP contribution in [0.4, 0.5) is 0 Å². The average Bonchev–Trinajstić information content (AvgIpc) is 2.65. The van der Waals surface area contributed by atoms with Gasteiger partial charge in [-0.05, 0) is 57.1 Å². The lowest BCUT2D eigenvalue weighted by Crippen LogP contribution is -2.46. The molecule has 0 N–H and O–H groups in total. The zero-order valence-corrected chi connectivity index (χ0v) is 15.6. The number of benzene rings is 1. The first kappa shape index (κ1) is 18.4. The Labute approximate surface area is 154 Å². The highest BCUT2D eigenvalue weighted by atomic mass is 16.2. The Morgan fingerprint density at radius 3 is 2.73 bits per heavy atom. The van der Waals surface area contributed by atoms with Gasteiger partial charge in [-0.25, -0.2) is 4.68 Å². The van der Waals surface area contributed by atoms with Crippen molar-refractivity contribution in [3.05, 3.63) is 63.6 Å². The Kier molecular flexibility index (Phi) is 5.86. The molecule has 1 aliphatic rings. The molecule has 138 valence electrons. The molecule has 3 rings (SSSR count). The molecule has 0 bridgehead atoms. The normalized spacial score (nSPS) is 17.3. The van der Waals surface area contributed by atoms with Crippen molar-refractivity contribution in [3.8, 4) is 0 Å². The minimum atomic E-state index is -0.209. The van der Waals surface area contributed by atoms with Gasteiger partial charge in [-0.3, -0.25) is 9.59 Å². The predicted molar refractivity (Wildman–Crippen MR) is 102 cm³/mol. The number of hydrogen-bond donors (Lipinski definition) is 0. The van der Waals surface area contributed by atoms with Gasteiger partial charge >= 0.3 is 0 Å². The lowest BCUT2D eigenvalue weighted by atomic mass is 9.95. The van der Waals surface area contributed by atoms with E-state index in [0.717, 1.165) is 49.9 Å². The molecule has 5 nitrogen and oxygen atoms in total. The summed E-state index contributed by atoms with van der Waals surface area (Å²) in [6.07, 6.45) is 5.16. The second kappa shape index (κ2) is 8.30. The first-order valence-electron chi connectivity index (χ1n) is 9.43. The quantitative estimate of drug-likeness (QED) is 0.830. The molecule has 1 amide bonds. The summed E-state index contributed by atoms with van der Waals surface area (Å²) in [5.74, 6) is 0.000569. The number of likely N-dealkylation sites (tertiary alicyclic amines) is 1. The number of aromatic nitrogens is 2. The van der Waals surface area contributed by atoms with Crippen LogP contribution in [0.1, 0.15) is 42.5 Å². The Bertz CT molecular complexity index is 814. The maximum atomic E-state index is 12.9. The number of carbonyl (C=O) groups excluding carboxylic acids is 1. The zero-order valence-electron chi connectivity index (χ0n) is 15.6. The molecule has 1 saturated heterocycles. The van der Waals surface area contributed by atoms with E-state index in [-0.39, 0.29) is 24.1 Å². The van der Waals surface area contributed by atoms with Gasteiger partial charge in [0.25, 0.3) is 5.56 Å². The maximum Gasteiger partial charge on any atom is 0.267 e. The molecule has 0 radical (unpaired) electrons. The van der Waals surface area contributed by atoms with E-state index >= 15 is 0 Å². The van der Waals surface area contributed by atoms with Gasteiger partial charge in [0.15, 0.2) is 0 Å². The summed E-state index contributed by atoms with van der Waals surface area (Å²) in [5, 5.41) is 4.28. The molecule has 1 atom stereocenters. The minimum Gasteiger partial charge on any atom is -0.338 e. The maximum absolute atomic E-state index is 12.9. The highest BCUT2D eigenvalue weighted by Crippen LogP contribution is 2.22. The summed E-state index contributed by atoms with van der Waals surface area (Å²) in [5.41, 5.74) is 2.74. The molecule has 0 spiro atoms. The fourth-order valence-electron chi connectivity index (χ4n) is 3.61. The van der Waals surface area contributed by atoms with Crippen LogP contribution in [0, 0.1) is 13.8 Å². The van der Waals surface area contributed by atoms with Crippen molar-refractivity contribution in [2.45, 2.75) is 58.5 Å². The molecule has 1 aliphatic heterocycles. The van der Waals surface area contributed by atoms with E-state index in [1.165, 1.54) is 10.2 Å². The van der Waals surface area contributed by atoms with Crippen LogP contribution < -0.4 is 5.56 Å². The van der Waals surface area contributed by atoms with Gasteiger partial charge in [0, 0.05) is 18.7 Å². The topological polar surface area (TPSA) is 55.2 Å². The number of piperidine rings is 1. The fraction of sp³-hybridized carbons (Fsp3) is 0.476. The van der Waals surface area contributed by atoms with Gasteiger partial charge in [0.05, 0.1) is 5.69 Å². The van der Waals surface area contributed by atoms with Crippen molar-refractivity contribution in [1.29, 1.82) is 0 Å². The summed E-state index contributed by atoms with van der Waals surface area (Å²) < 4.78 is 1.30. The zero-order chi connectivity index (χ0) is 18.5. The van der Waals surface area contributed by atoms with Gasteiger partial charge < -0.3 is 4.90 Å². The summed E-state index contributed by atoms with van der Waals surface area (Å²) in [6.45, 7) is 4.53. The molecule has 5 heteroatoms. The highest BCUT2D eigenvalue weighted by molar-refractivity contribution is 5.76. The number of aryl methyl sites for hydroxylation is 3. The van der Waals surface area contributed by atoms with Crippen molar-refractivity contribution in [2.75, 3.05) is 6.54 Å². The smallest absolute Gasteiger partial charge is 0.267 e. The Morgan fingerprint density at radius 1 is 1.19 bits per heavy atom. The Morgan fingerprint density at radius 2 is 1.96 bits per heavy atom. The van der Waals surface area contributed by atoms with Gasteiger partial charge in [-0.1, -0.05) is 30.3 Å². The lowest BCUT2D eigenvalue weighted by molar-refractivity contribution is -0.136. The molecule has 1 fully saturated rings. The van der Waals surface area contributed by atoms with Crippen molar-refractivity contribution in [1.82, 2.24) is 14.7 Å². The van der Waals surface area contributed by atoms with Crippen molar-refractivity contribution in [3.63, 3.8) is 0 Å². The molecular weight excluding hydrogens is 326 g/mol. The SMILES string of the molecule is Cc1cc(=O)n(CC(=O)N2CCCC[C@H]2CCc2ccccc2)nc1C. The van der Waals surface area contributed by atoms with Crippen LogP contribution in [0.2, 0.25) is 0 Å². The Balaban J connectivity index is 1.68. The summed E-state index contributed by atoms with van der Waals surface area (Å²) >= 11 is 0. The standard InChI is InChI=1S/C21H27N3O2/c1-16-14-20(25)24(22-17(16)2)15-21(26)23-13-7-6-10-19(23)12-11-18-8-4-3-5-9-18/h3-5,8-9,14,19H,6-7,10-13,15H2,1-2H3/t19-/m0/s1. The van der Waals surface area contributed by atoms with Crippen LogP contribution in [0.5, 0.6) is 0 Å². The van der Waals surface area contributed by atoms with E-state index in [0.29, 0.717) is 0 Å². The molecule has 0 saturated carbocycles. The molecule has 1 aromatic carbocycles. The van der Waals surface area contributed by atoms with E-state index in [2.05, 4.69) is 29.4 Å². The molecule has 0 aliphatic carbocycles. The minimum absolute atomic E-state index is 0.000569. The van der Waals surface area contributed by atoms with Crippen LogP contribution in [0.15, 0.2) is 41.2 Å². The van der Waals surface area contributed by atoms with Crippen molar-refractivity contribution in [2.24, 2.45) is 0 Å². The third-order valence-electron chi connectivity index (χ3n) is 5.28. The largest absolute Gasteiger partial charge is 0.338 e. The van der Waals surface area contributed by atoms with E-state index < -0.39 is 0 Å². The van der Waals surface area contributed by atoms with E-state index in [1.807, 2.05) is 24.8 Å². The second-order valence-electron chi connectivity index (χ2n) is 7.17. The highest BCUT2D eigenvalue weighted by Gasteiger charge is 2.26. The van der Waals surface area contributed by atoms with Gasteiger partial charge in [-0.15, -0.1) is 0 Å². The monoisotopic (exact) mass is 353 g/mol. The van der Waals surface area contributed by atoms with Gasteiger partial charge in [0.1, 0.15) is 6.54 Å². The van der Waals surface area contributed by atoms with Crippen LogP contribution in [-0.2, 0) is 17.8 Å². The molecular formula is C21H27N3O2. The van der Waals surface area contributed by atoms with Crippen LogP contribution in [0.3, 0.4) is 0 Å². The van der Waals surface area contributed by atoms with Crippen LogP contribution in [0.25, 0.3) is 0 Å². The van der Waals surface area contributed by atoms with E-state index in [1.54, 1.807) is 6.07 Å². The molecule has 26 heavy (non-hydrogen) atoms. The molecule has 0 unspecified atom stereocenters. The number of nitrogens with zero attached hydrogens (tertiary/aromatic N) is 3. The third kappa shape index (κ3) is 4.40. The summed E-state index contributed by atoms with van der Waals surface area (Å²) in [4.78, 5) is 27.0. The number of hydrogen-bond acceptors (Lipinski definition) is 3. The van der Waals surface area contributed by atoms with Crippen molar-refractivity contribution < 1.29 is 4.79 Å². The fourth-order valence-corrected chi connectivity index (χ4v) is 3.61. The molecule has 2 aromatic rings. The lowest BCUT2D eigenvalue weighted by Gasteiger charge is -2.36. The first-order valence-corrected chi connectivity index (χ1v) is 9.43. The van der Waals surface area contributed by atoms with E-state index in [9.17, 15) is 9.59 Å². The molecule has 2 heterocycles. The van der Waals surface area contributed by atoms with Gasteiger partial charge in [-0.2, -0.15) is 5.10 Å². The van der Waals surface area contributed by atoms with Crippen molar-refractivity contribution >= 4 is 5.91 Å². The Hall–Kier alpha value is -2.43. The molecule has 1 aromatic heterocycles. The third-order valence-corrected chi connectivity index (χ3v) is 5.28. The average molecular weight is 353 g/mol. The number of carbonyl (C=O) groups is 1. The van der Waals surface area contributed by atoms with Crippen LogP contribution >= 0.6 is 0 Å². The predicted octanol–water partition coefficient (Wildman–Crippen LogP) is 2.87. The number of amides is 1. The van der Waals surface area contributed by atoms with E-state index in [4.69, 9.17) is 0 Å². The van der Waals surface area contributed by atoms with Gasteiger partial charge in [0.2, 0.25) is 5.91 Å². The number of rotatable bonds is 5. The summed E-state index contributed by atoms with van der Waals surface area (Å²) in [7, 11) is 0. The first-order chi connectivity index (χ1) is 12.5.